The van der Waals surface area contributed by atoms with Crippen molar-refractivity contribution in [3.63, 3.8) is 0 Å². The summed E-state index contributed by atoms with van der Waals surface area (Å²) in [7, 11) is 0. The Labute approximate surface area is 347 Å². The number of hydrogen-bond donors (Lipinski definition) is 0. The summed E-state index contributed by atoms with van der Waals surface area (Å²) in [5.41, 5.74) is 12.0. The Kier molecular flexibility index (Phi) is 7.89. The summed E-state index contributed by atoms with van der Waals surface area (Å²) in [6.07, 6.45) is 0. The van der Waals surface area contributed by atoms with Gasteiger partial charge in [0.1, 0.15) is 11.2 Å². The van der Waals surface area contributed by atoms with E-state index in [9.17, 15) is 0 Å². The number of benzene rings is 11. The molecule has 0 spiro atoms. The molecule has 0 fully saturated rings. The van der Waals surface area contributed by atoms with Gasteiger partial charge in [0.2, 0.25) is 0 Å². The zero-order valence-corrected chi connectivity index (χ0v) is 32.7. The van der Waals surface area contributed by atoms with Gasteiger partial charge in [-0.3, -0.25) is 0 Å². The predicted molar refractivity (Wildman–Crippen MR) is 255 cm³/mol. The second-order valence-electron chi connectivity index (χ2n) is 15.6. The summed E-state index contributed by atoms with van der Waals surface area (Å²) in [6, 6.07) is 81.4. The molecule has 60 heavy (non-hydrogen) atoms. The lowest BCUT2D eigenvalue weighted by molar-refractivity contribution is 0.670. The van der Waals surface area contributed by atoms with Crippen LogP contribution in [0.2, 0.25) is 0 Å². The average molecular weight is 764 g/mol. The van der Waals surface area contributed by atoms with E-state index in [-0.39, 0.29) is 0 Å². The quantitative estimate of drug-likeness (QED) is 0.157. The van der Waals surface area contributed by atoms with Gasteiger partial charge in [0, 0.05) is 33.4 Å². The fraction of sp³-hybridized carbons (Fsp3) is 0. The van der Waals surface area contributed by atoms with E-state index >= 15 is 0 Å². The normalized spacial score (nSPS) is 11.7. The fourth-order valence-electron chi connectivity index (χ4n) is 9.50. The van der Waals surface area contributed by atoms with Gasteiger partial charge in [0.15, 0.2) is 0 Å². The first-order chi connectivity index (χ1) is 29.8. The maximum absolute atomic E-state index is 6.56. The highest BCUT2D eigenvalue weighted by molar-refractivity contribution is 6.22. The summed E-state index contributed by atoms with van der Waals surface area (Å²) in [5.74, 6) is 0. The van der Waals surface area contributed by atoms with E-state index in [1.165, 1.54) is 65.3 Å². The minimum Gasteiger partial charge on any atom is -0.455 e. The second kappa shape index (κ2) is 13.9. The van der Waals surface area contributed by atoms with Crippen molar-refractivity contribution in [3.8, 4) is 33.4 Å². The van der Waals surface area contributed by atoms with Crippen LogP contribution in [-0.4, -0.2) is 0 Å². The van der Waals surface area contributed by atoms with Gasteiger partial charge in [-0.1, -0.05) is 182 Å². The topological polar surface area (TPSA) is 16.4 Å². The summed E-state index contributed by atoms with van der Waals surface area (Å²) in [6.45, 7) is 0. The smallest absolute Gasteiger partial charge is 0.143 e. The van der Waals surface area contributed by atoms with Crippen LogP contribution in [-0.2, 0) is 0 Å². The Morgan fingerprint density at radius 3 is 1.62 bits per heavy atom. The average Bonchev–Trinajstić information content (AvgIpc) is 3.71. The van der Waals surface area contributed by atoms with Crippen molar-refractivity contribution in [1.82, 2.24) is 0 Å². The van der Waals surface area contributed by atoms with E-state index in [0.29, 0.717) is 0 Å². The first-order valence-electron chi connectivity index (χ1n) is 20.6. The van der Waals surface area contributed by atoms with E-state index in [4.69, 9.17) is 4.42 Å². The van der Waals surface area contributed by atoms with Gasteiger partial charge < -0.3 is 9.32 Å². The molecule has 12 aromatic rings. The van der Waals surface area contributed by atoms with Crippen LogP contribution in [0.25, 0.3) is 98.4 Å². The van der Waals surface area contributed by atoms with E-state index < -0.39 is 0 Å². The molecule has 0 amide bonds. The highest BCUT2D eigenvalue weighted by Gasteiger charge is 2.21. The van der Waals surface area contributed by atoms with Crippen molar-refractivity contribution in [2.24, 2.45) is 0 Å². The van der Waals surface area contributed by atoms with E-state index in [2.05, 4.69) is 223 Å². The molecule has 2 heteroatoms. The highest BCUT2D eigenvalue weighted by Crippen LogP contribution is 2.48. The third-order valence-electron chi connectivity index (χ3n) is 12.2. The lowest BCUT2D eigenvalue weighted by atomic mass is 9.85. The zero-order chi connectivity index (χ0) is 39.6. The molecule has 0 unspecified atom stereocenters. The highest BCUT2D eigenvalue weighted by atomic mass is 16.3. The molecule has 0 aliphatic rings. The van der Waals surface area contributed by atoms with Crippen LogP contribution in [0.1, 0.15) is 0 Å². The number of hydrogen-bond acceptors (Lipinski definition) is 2. The van der Waals surface area contributed by atoms with E-state index in [1.54, 1.807) is 0 Å². The maximum Gasteiger partial charge on any atom is 0.143 e. The largest absolute Gasteiger partial charge is 0.455 e. The minimum atomic E-state index is 0.897. The van der Waals surface area contributed by atoms with Crippen molar-refractivity contribution in [1.29, 1.82) is 0 Å². The first-order valence-corrected chi connectivity index (χ1v) is 20.6. The number of fused-ring (bicyclic) bond motifs is 9. The van der Waals surface area contributed by atoms with Crippen LogP contribution < -0.4 is 4.90 Å². The third-order valence-corrected chi connectivity index (χ3v) is 12.2. The Bertz CT molecular complexity index is 3600. The number of furan rings is 1. The van der Waals surface area contributed by atoms with Crippen molar-refractivity contribution in [2.45, 2.75) is 0 Å². The monoisotopic (exact) mass is 763 g/mol. The van der Waals surface area contributed by atoms with Gasteiger partial charge in [-0.2, -0.15) is 0 Å². The number of rotatable bonds is 6. The molecule has 0 bridgehead atoms. The molecule has 12 rings (SSSR count). The molecule has 0 radical (unpaired) electrons. The summed E-state index contributed by atoms with van der Waals surface area (Å²) in [4.78, 5) is 2.42. The molecule has 0 saturated carbocycles. The van der Waals surface area contributed by atoms with Crippen molar-refractivity contribution in [2.75, 3.05) is 4.90 Å². The molecule has 0 N–H and O–H groups in total. The van der Waals surface area contributed by atoms with E-state index in [1.807, 2.05) is 6.07 Å². The minimum absolute atomic E-state index is 0.897. The molecule has 2 nitrogen and oxygen atoms in total. The summed E-state index contributed by atoms with van der Waals surface area (Å²) in [5, 5.41) is 12.1. The van der Waals surface area contributed by atoms with Crippen LogP contribution in [0, 0.1) is 0 Å². The molecular formula is C58H37NO. The van der Waals surface area contributed by atoms with E-state index in [0.717, 1.165) is 50.1 Å². The Morgan fingerprint density at radius 1 is 0.283 bits per heavy atom. The molecule has 0 saturated heterocycles. The zero-order valence-electron chi connectivity index (χ0n) is 32.7. The van der Waals surface area contributed by atoms with Gasteiger partial charge in [-0.15, -0.1) is 0 Å². The fourth-order valence-corrected chi connectivity index (χ4v) is 9.50. The standard InChI is InChI=1S/C58H37NO/c1-3-16-39(17-4-1)56-52-25-10-9-23-49(52)50-34-32-45(37-54(50)57(56)40-18-5-2-6-19-40)59(44-31-33-47-42(36-44)30-29-38-15-7-8-22-46(38)47)43-21-13-20-41(35-43)48-26-14-27-53-51-24-11-12-28-55(51)60-58(48)53/h1-37H. The molecule has 0 aliphatic heterocycles. The van der Waals surface area contributed by atoms with Crippen LogP contribution in [0.4, 0.5) is 17.1 Å². The van der Waals surface area contributed by atoms with Gasteiger partial charge >= 0.3 is 0 Å². The number of nitrogens with zero attached hydrogens (tertiary/aromatic N) is 1. The predicted octanol–water partition coefficient (Wildman–Crippen LogP) is 16.7. The molecule has 11 aromatic carbocycles. The number of anilines is 3. The van der Waals surface area contributed by atoms with Crippen LogP contribution in [0.3, 0.4) is 0 Å². The SMILES string of the molecule is c1ccc(-c2c(-c3ccccc3)c3cc(N(c4cccc(-c5cccc6c5oc5ccccc56)c4)c4ccc5c(ccc6ccccc65)c4)ccc3c3ccccc23)cc1. The lowest BCUT2D eigenvalue weighted by Gasteiger charge is -2.28. The molecule has 0 atom stereocenters. The second-order valence-corrected chi connectivity index (χ2v) is 15.6. The molecule has 1 heterocycles. The molecular weight excluding hydrogens is 727 g/mol. The Hall–Kier alpha value is -7.94. The van der Waals surface area contributed by atoms with Crippen molar-refractivity contribution in [3.05, 3.63) is 224 Å². The van der Waals surface area contributed by atoms with Gasteiger partial charge in [0.25, 0.3) is 0 Å². The molecule has 0 aliphatic carbocycles. The molecule has 1 aromatic heterocycles. The van der Waals surface area contributed by atoms with Gasteiger partial charge in [-0.25, -0.2) is 0 Å². The summed E-state index contributed by atoms with van der Waals surface area (Å²) < 4.78 is 6.56. The Morgan fingerprint density at radius 2 is 0.817 bits per heavy atom. The van der Waals surface area contributed by atoms with Gasteiger partial charge in [-0.05, 0) is 113 Å². The summed E-state index contributed by atoms with van der Waals surface area (Å²) >= 11 is 0. The van der Waals surface area contributed by atoms with Crippen molar-refractivity contribution < 1.29 is 4.42 Å². The Balaban J connectivity index is 1.13. The van der Waals surface area contributed by atoms with Gasteiger partial charge in [0.05, 0.1) is 0 Å². The first kappa shape index (κ1) is 34.1. The van der Waals surface area contributed by atoms with Crippen LogP contribution in [0.15, 0.2) is 229 Å². The van der Waals surface area contributed by atoms with Crippen LogP contribution >= 0.6 is 0 Å². The maximum atomic E-state index is 6.56. The molecule has 280 valence electrons. The third kappa shape index (κ3) is 5.50. The van der Waals surface area contributed by atoms with Crippen LogP contribution in [0.5, 0.6) is 0 Å². The number of para-hydroxylation sites is 2. The lowest BCUT2D eigenvalue weighted by Crippen LogP contribution is -2.10. The van der Waals surface area contributed by atoms with Crippen molar-refractivity contribution >= 4 is 82.1 Å².